The molecule has 2 unspecified atom stereocenters. The minimum Gasteiger partial charge on any atom is -0.406 e. The van der Waals surface area contributed by atoms with Crippen LogP contribution in [0, 0.1) is 5.82 Å². The largest absolute Gasteiger partial charge is 0.573 e. The topological polar surface area (TPSA) is 70.7 Å². The third-order valence-electron chi connectivity index (χ3n) is 6.84. The number of piperidine rings is 1. The van der Waals surface area contributed by atoms with Crippen LogP contribution in [0.25, 0.3) is 11.3 Å². The Labute approximate surface area is 221 Å². The number of ether oxygens (including phenoxy) is 2. The Morgan fingerprint density at radius 2 is 1.74 bits per heavy atom. The highest BCUT2D eigenvalue weighted by molar-refractivity contribution is 6.31. The average molecular weight is 553 g/mol. The second-order valence-electron chi connectivity index (χ2n) is 9.37. The smallest absolute Gasteiger partial charge is 0.406 e. The maximum atomic E-state index is 13.6. The van der Waals surface area contributed by atoms with Gasteiger partial charge in [-0.1, -0.05) is 23.7 Å². The van der Waals surface area contributed by atoms with E-state index in [4.69, 9.17) is 16.3 Å². The minimum atomic E-state index is -4.77. The number of nitrogens with zero attached hydrogens (tertiary/aromatic N) is 3. The van der Waals surface area contributed by atoms with Crippen LogP contribution >= 0.6 is 11.6 Å². The first-order valence-electron chi connectivity index (χ1n) is 12.1. The van der Waals surface area contributed by atoms with Crippen LogP contribution < -0.4 is 4.74 Å². The number of halogens is 5. The molecule has 2 saturated heterocycles. The zero-order chi connectivity index (χ0) is 26.9. The van der Waals surface area contributed by atoms with Crippen molar-refractivity contribution in [3.05, 3.63) is 70.6 Å². The summed E-state index contributed by atoms with van der Waals surface area (Å²) in [4.78, 5) is 16.9. The van der Waals surface area contributed by atoms with E-state index in [9.17, 15) is 22.4 Å². The van der Waals surface area contributed by atoms with E-state index in [1.165, 1.54) is 24.3 Å². The van der Waals surface area contributed by atoms with Crippen LogP contribution in [0.3, 0.4) is 0 Å². The Morgan fingerprint density at radius 1 is 1.03 bits per heavy atom. The molecule has 0 radical (unpaired) electrons. The van der Waals surface area contributed by atoms with E-state index in [2.05, 4.69) is 14.9 Å². The summed E-state index contributed by atoms with van der Waals surface area (Å²) in [6.07, 6.45) is -4.13. The Bertz CT molecular complexity index is 1280. The Kier molecular flexibility index (Phi) is 7.49. The molecule has 2 aromatic carbocycles. The van der Waals surface area contributed by atoms with E-state index < -0.39 is 12.2 Å². The van der Waals surface area contributed by atoms with Crippen molar-refractivity contribution in [1.29, 1.82) is 0 Å². The fourth-order valence-corrected chi connectivity index (χ4v) is 5.15. The maximum absolute atomic E-state index is 13.6. The van der Waals surface area contributed by atoms with E-state index in [0.717, 1.165) is 11.3 Å². The molecule has 3 aromatic rings. The fraction of sp³-hybridized carbons (Fsp3) is 0.385. The van der Waals surface area contributed by atoms with Crippen LogP contribution in [0.5, 0.6) is 5.75 Å². The Morgan fingerprint density at radius 3 is 2.42 bits per heavy atom. The molecule has 2 atom stereocenters. The number of alkyl halides is 3. The molecule has 2 aliphatic heterocycles. The standard InChI is InChI=1S/C26H25ClF4N4O3/c27-21-12-17(3-6-22(21)28)23-13-24(33-32-23)19-11-18(16-1-4-20(5-2-16)38-26(29,30)31)14-35(15-19)25(36)34-7-9-37-10-8-34/h1-6,12-13,18-19H,7-11,14-15H2,(H,32,33). The lowest BCUT2D eigenvalue weighted by Crippen LogP contribution is -2.52. The van der Waals surface area contributed by atoms with Crippen molar-refractivity contribution in [2.45, 2.75) is 24.6 Å². The maximum Gasteiger partial charge on any atom is 0.573 e. The number of carbonyl (C=O) groups is 1. The van der Waals surface area contributed by atoms with Crippen LogP contribution in [0.4, 0.5) is 22.4 Å². The molecule has 2 aliphatic rings. The number of amides is 2. The van der Waals surface area contributed by atoms with Gasteiger partial charge >= 0.3 is 12.4 Å². The van der Waals surface area contributed by atoms with Crippen LogP contribution in [0.1, 0.15) is 29.5 Å². The van der Waals surface area contributed by atoms with E-state index in [0.29, 0.717) is 57.1 Å². The van der Waals surface area contributed by atoms with Crippen LogP contribution in [0.15, 0.2) is 48.5 Å². The van der Waals surface area contributed by atoms with Gasteiger partial charge in [-0.05, 0) is 48.4 Å². The first-order chi connectivity index (χ1) is 18.2. The van der Waals surface area contributed by atoms with Gasteiger partial charge in [0.25, 0.3) is 0 Å². The van der Waals surface area contributed by atoms with E-state index in [-0.39, 0.29) is 28.6 Å². The average Bonchev–Trinajstić information content (AvgIpc) is 3.40. The van der Waals surface area contributed by atoms with Crippen molar-refractivity contribution in [1.82, 2.24) is 20.0 Å². The van der Waals surface area contributed by atoms with Gasteiger partial charge < -0.3 is 19.3 Å². The number of carbonyl (C=O) groups excluding carboxylic acids is 1. The van der Waals surface area contributed by atoms with Gasteiger partial charge in [0.1, 0.15) is 11.6 Å². The van der Waals surface area contributed by atoms with Gasteiger partial charge in [0.15, 0.2) is 0 Å². The second-order valence-corrected chi connectivity index (χ2v) is 9.78. The summed E-state index contributed by atoms with van der Waals surface area (Å²) in [7, 11) is 0. The highest BCUT2D eigenvalue weighted by Gasteiger charge is 2.35. The Balaban J connectivity index is 1.40. The summed E-state index contributed by atoms with van der Waals surface area (Å²) in [5.74, 6) is -1.08. The first kappa shape index (κ1) is 26.3. The van der Waals surface area contributed by atoms with Crippen molar-refractivity contribution in [3.8, 4) is 17.0 Å². The van der Waals surface area contributed by atoms with Gasteiger partial charge in [-0.15, -0.1) is 13.2 Å². The lowest BCUT2D eigenvalue weighted by atomic mass is 9.83. The molecule has 12 heteroatoms. The molecule has 3 heterocycles. The predicted octanol–water partition coefficient (Wildman–Crippen LogP) is 5.79. The highest BCUT2D eigenvalue weighted by Crippen LogP contribution is 2.38. The molecular weight excluding hydrogens is 528 g/mol. The second kappa shape index (κ2) is 10.8. The summed E-state index contributed by atoms with van der Waals surface area (Å²) in [5.41, 5.74) is 2.83. The van der Waals surface area contributed by atoms with Crippen molar-refractivity contribution in [3.63, 3.8) is 0 Å². The number of aromatic nitrogens is 2. The molecule has 0 bridgehead atoms. The number of urea groups is 1. The summed E-state index contributed by atoms with van der Waals surface area (Å²) < 4.78 is 60.8. The van der Waals surface area contributed by atoms with Gasteiger partial charge in [-0.2, -0.15) is 5.10 Å². The molecule has 1 N–H and O–H groups in total. The number of aromatic amines is 1. The van der Waals surface area contributed by atoms with Crippen LogP contribution in [-0.2, 0) is 4.74 Å². The summed E-state index contributed by atoms with van der Waals surface area (Å²) in [5, 5.41) is 7.42. The highest BCUT2D eigenvalue weighted by atomic mass is 35.5. The molecule has 5 rings (SSSR count). The van der Waals surface area contributed by atoms with Gasteiger partial charge in [0.2, 0.25) is 0 Å². The number of H-pyrrole nitrogens is 1. The number of hydrogen-bond acceptors (Lipinski definition) is 4. The van der Waals surface area contributed by atoms with Crippen molar-refractivity contribution in [2.75, 3.05) is 39.4 Å². The fourth-order valence-electron chi connectivity index (χ4n) is 4.97. The molecule has 0 spiro atoms. The normalized spacial score (nSPS) is 20.4. The summed E-state index contributed by atoms with van der Waals surface area (Å²) in [6, 6.07) is 11.9. The number of rotatable bonds is 4. The van der Waals surface area contributed by atoms with Gasteiger partial charge in [0.05, 0.1) is 23.9 Å². The quantitative estimate of drug-likeness (QED) is 0.416. The molecule has 2 amide bonds. The molecule has 0 aliphatic carbocycles. The van der Waals surface area contributed by atoms with E-state index in [1.54, 1.807) is 28.0 Å². The summed E-state index contributed by atoms with van der Waals surface area (Å²) in [6.45, 7) is 2.78. The predicted molar refractivity (Wildman–Crippen MR) is 132 cm³/mol. The molecule has 7 nitrogen and oxygen atoms in total. The number of nitrogens with one attached hydrogen (secondary N) is 1. The molecule has 202 valence electrons. The lowest BCUT2D eigenvalue weighted by Gasteiger charge is -2.41. The molecule has 1 aromatic heterocycles. The third kappa shape index (κ3) is 6.05. The molecule has 0 saturated carbocycles. The van der Waals surface area contributed by atoms with Crippen LogP contribution in [0.2, 0.25) is 5.02 Å². The van der Waals surface area contributed by atoms with Gasteiger partial charge in [-0.3, -0.25) is 5.10 Å². The minimum absolute atomic E-state index is 0.00925. The Hall–Kier alpha value is -3.31. The third-order valence-corrected chi connectivity index (χ3v) is 7.13. The first-order valence-corrected chi connectivity index (χ1v) is 12.5. The van der Waals surface area contributed by atoms with Crippen LogP contribution in [-0.4, -0.2) is 71.8 Å². The molecular formula is C26H25ClF4N4O3. The number of hydrogen-bond donors (Lipinski definition) is 1. The van der Waals surface area contributed by atoms with Crippen molar-refractivity contribution < 1.29 is 31.8 Å². The van der Waals surface area contributed by atoms with Gasteiger partial charge in [-0.25, -0.2) is 9.18 Å². The van der Waals surface area contributed by atoms with Crippen molar-refractivity contribution in [2.24, 2.45) is 0 Å². The summed E-state index contributed by atoms with van der Waals surface area (Å²) >= 11 is 5.94. The van der Waals surface area contributed by atoms with E-state index in [1.807, 2.05) is 6.07 Å². The zero-order valence-corrected chi connectivity index (χ0v) is 20.9. The lowest BCUT2D eigenvalue weighted by molar-refractivity contribution is -0.274. The molecule has 38 heavy (non-hydrogen) atoms. The number of likely N-dealkylation sites (tertiary alicyclic amines) is 1. The SMILES string of the molecule is O=C(N1CCOCC1)N1CC(c2ccc(OC(F)(F)F)cc2)CC(c2cc(-c3ccc(F)c(Cl)c3)n[nH]2)C1. The van der Waals surface area contributed by atoms with Gasteiger partial charge in [0, 0.05) is 49.3 Å². The van der Waals surface area contributed by atoms with E-state index >= 15 is 0 Å². The number of morpholine rings is 1. The zero-order valence-electron chi connectivity index (χ0n) is 20.2. The number of benzene rings is 2. The molecule has 2 fully saturated rings. The monoisotopic (exact) mass is 552 g/mol. The van der Waals surface area contributed by atoms with Crippen molar-refractivity contribution >= 4 is 17.6 Å².